The summed E-state index contributed by atoms with van der Waals surface area (Å²) in [7, 11) is 0. The molecule has 0 aromatic heterocycles. The van der Waals surface area contributed by atoms with E-state index in [1.54, 1.807) is 12.1 Å². The van der Waals surface area contributed by atoms with Gasteiger partial charge in [-0.15, -0.1) is 0 Å². The van der Waals surface area contributed by atoms with Gasteiger partial charge in [0.25, 0.3) is 5.91 Å². The highest BCUT2D eigenvalue weighted by atomic mass is 35.5. The Morgan fingerprint density at radius 1 is 1.41 bits per heavy atom. The van der Waals surface area contributed by atoms with Crippen LogP contribution >= 0.6 is 11.6 Å². The number of aliphatic hydroxyl groups is 1. The van der Waals surface area contributed by atoms with Gasteiger partial charge in [-0.2, -0.15) is 0 Å². The fourth-order valence-electron chi connectivity index (χ4n) is 1.24. The molecule has 0 aliphatic heterocycles. The Hall–Kier alpha value is -1.59. The lowest BCUT2D eigenvalue weighted by molar-refractivity contribution is -0.310. The molecule has 1 rings (SSSR count). The third kappa shape index (κ3) is 3.44. The maximum atomic E-state index is 11.7. The van der Waals surface area contributed by atoms with Gasteiger partial charge >= 0.3 is 0 Å². The van der Waals surface area contributed by atoms with Crippen molar-refractivity contribution in [3.63, 3.8) is 0 Å². The van der Waals surface area contributed by atoms with Crippen LogP contribution < -0.4 is 10.4 Å². The molecule has 2 atom stereocenters. The van der Waals surface area contributed by atoms with E-state index < -0.39 is 24.0 Å². The molecule has 5 nitrogen and oxygen atoms in total. The highest BCUT2D eigenvalue weighted by Crippen LogP contribution is 2.14. The van der Waals surface area contributed by atoms with Gasteiger partial charge in [-0.3, -0.25) is 4.79 Å². The molecule has 0 radical (unpaired) electrons. The third-order valence-corrected chi connectivity index (χ3v) is 2.47. The van der Waals surface area contributed by atoms with Crippen molar-refractivity contribution in [2.24, 2.45) is 0 Å². The molecule has 1 aromatic rings. The summed E-state index contributed by atoms with van der Waals surface area (Å²) in [4.78, 5) is 22.4. The molecule has 1 amide bonds. The number of benzene rings is 1. The number of hydrogen-bond acceptors (Lipinski definition) is 4. The molecule has 2 N–H and O–H groups in total. The topological polar surface area (TPSA) is 89.5 Å². The van der Waals surface area contributed by atoms with Crippen molar-refractivity contribution in [3.8, 4) is 0 Å². The first-order valence-corrected chi connectivity index (χ1v) is 5.25. The first kappa shape index (κ1) is 13.5. The zero-order valence-electron chi connectivity index (χ0n) is 9.01. The second-order valence-corrected chi connectivity index (χ2v) is 3.90. The number of carboxylic acids is 1. The van der Waals surface area contributed by atoms with E-state index in [9.17, 15) is 19.8 Å². The summed E-state index contributed by atoms with van der Waals surface area (Å²) in [5.41, 5.74) is 0.140. The van der Waals surface area contributed by atoms with E-state index in [4.69, 9.17) is 11.6 Å². The first-order valence-electron chi connectivity index (χ1n) is 4.87. The molecule has 0 fully saturated rings. The lowest BCUT2D eigenvalue weighted by Crippen LogP contribution is -2.53. The number of carboxylic acid groups (broad SMARTS) is 1. The van der Waals surface area contributed by atoms with Crippen LogP contribution in [0.15, 0.2) is 24.3 Å². The minimum absolute atomic E-state index is 0.140. The highest BCUT2D eigenvalue weighted by molar-refractivity contribution is 6.33. The van der Waals surface area contributed by atoms with Crippen LogP contribution in [0.1, 0.15) is 17.3 Å². The number of hydrogen-bond donors (Lipinski definition) is 2. The Morgan fingerprint density at radius 3 is 2.47 bits per heavy atom. The molecule has 0 saturated heterocycles. The fourth-order valence-corrected chi connectivity index (χ4v) is 1.46. The van der Waals surface area contributed by atoms with Gasteiger partial charge in [0.1, 0.15) is 0 Å². The van der Waals surface area contributed by atoms with Crippen LogP contribution in [-0.2, 0) is 4.79 Å². The van der Waals surface area contributed by atoms with Gasteiger partial charge in [0, 0.05) is 0 Å². The number of nitrogens with one attached hydrogen (secondary N) is 1. The molecular formula is C11H11ClNO4-. The Balaban J connectivity index is 2.85. The van der Waals surface area contributed by atoms with Crippen molar-refractivity contribution in [3.05, 3.63) is 34.9 Å². The van der Waals surface area contributed by atoms with E-state index in [0.717, 1.165) is 0 Å². The van der Waals surface area contributed by atoms with E-state index in [1.807, 2.05) is 0 Å². The summed E-state index contributed by atoms with van der Waals surface area (Å²) in [6, 6.07) is 4.72. The number of halogens is 1. The van der Waals surface area contributed by atoms with Gasteiger partial charge in [-0.1, -0.05) is 23.7 Å². The molecule has 0 spiro atoms. The van der Waals surface area contributed by atoms with Gasteiger partial charge in [-0.25, -0.2) is 0 Å². The van der Waals surface area contributed by atoms with Crippen LogP contribution in [0, 0.1) is 0 Å². The Kier molecular flexibility index (Phi) is 4.48. The fraction of sp³-hybridized carbons (Fsp3) is 0.273. The second-order valence-electron chi connectivity index (χ2n) is 3.49. The normalized spacial score (nSPS) is 13.8. The SMILES string of the molecule is C[C@@H](O)[C@H](NC(=O)c1ccccc1Cl)C(=O)[O-]. The van der Waals surface area contributed by atoms with Crippen LogP contribution in [0.3, 0.4) is 0 Å². The maximum absolute atomic E-state index is 11.7. The van der Waals surface area contributed by atoms with Crippen LogP contribution in [0.5, 0.6) is 0 Å². The van der Waals surface area contributed by atoms with Gasteiger partial charge in [0.2, 0.25) is 0 Å². The Labute approximate surface area is 103 Å². The zero-order chi connectivity index (χ0) is 13.0. The summed E-state index contributed by atoms with van der Waals surface area (Å²) in [5.74, 6) is -2.23. The molecule has 0 saturated carbocycles. The van der Waals surface area contributed by atoms with E-state index in [0.29, 0.717) is 0 Å². The molecule has 0 heterocycles. The van der Waals surface area contributed by atoms with Crippen molar-refractivity contribution in [1.29, 1.82) is 0 Å². The summed E-state index contributed by atoms with van der Waals surface area (Å²) < 4.78 is 0. The van der Waals surface area contributed by atoms with Crippen molar-refractivity contribution >= 4 is 23.5 Å². The van der Waals surface area contributed by atoms with E-state index in [1.165, 1.54) is 19.1 Å². The number of amides is 1. The average molecular weight is 257 g/mol. The monoisotopic (exact) mass is 256 g/mol. The van der Waals surface area contributed by atoms with Gasteiger partial charge < -0.3 is 20.3 Å². The summed E-state index contributed by atoms with van der Waals surface area (Å²) >= 11 is 5.78. The largest absolute Gasteiger partial charge is 0.548 e. The lowest BCUT2D eigenvalue weighted by Gasteiger charge is -2.22. The molecular weight excluding hydrogens is 246 g/mol. The average Bonchev–Trinajstić information content (AvgIpc) is 2.25. The molecule has 92 valence electrons. The van der Waals surface area contributed by atoms with Crippen molar-refractivity contribution in [1.82, 2.24) is 5.32 Å². The minimum Gasteiger partial charge on any atom is -0.548 e. The predicted molar refractivity (Wildman–Crippen MR) is 59.4 cm³/mol. The summed E-state index contributed by atoms with van der Waals surface area (Å²) in [5, 5.41) is 22.2. The van der Waals surface area contributed by atoms with E-state index in [-0.39, 0.29) is 10.6 Å². The van der Waals surface area contributed by atoms with E-state index in [2.05, 4.69) is 5.32 Å². The molecule has 1 aromatic carbocycles. The van der Waals surface area contributed by atoms with Crippen LogP contribution in [-0.4, -0.2) is 29.1 Å². The van der Waals surface area contributed by atoms with Gasteiger partial charge in [0.15, 0.2) is 0 Å². The number of aliphatic carboxylic acids is 1. The Bertz CT molecular complexity index is 433. The van der Waals surface area contributed by atoms with Crippen LogP contribution in [0.4, 0.5) is 0 Å². The standard InChI is InChI=1S/C11H12ClNO4/c1-6(14)9(11(16)17)13-10(15)7-4-2-3-5-8(7)12/h2-6,9,14H,1H3,(H,13,15)(H,16,17)/p-1/t6-,9+/m1/s1. The molecule has 6 heteroatoms. The van der Waals surface area contributed by atoms with Crippen LogP contribution in [0.2, 0.25) is 5.02 Å². The van der Waals surface area contributed by atoms with Gasteiger partial charge in [0.05, 0.1) is 28.7 Å². The van der Waals surface area contributed by atoms with Crippen LogP contribution in [0.25, 0.3) is 0 Å². The van der Waals surface area contributed by atoms with Crippen molar-refractivity contribution in [2.45, 2.75) is 19.1 Å². The first-order chi connectivity index (χ1) is 7.93. The minimum atomic E-state index is -1.56. The van der Waals surface area contributed by atoms with Crippen molar-refractivity contribution in [2.75, 3.05) is 0 Å². The molecule has 0 aliphatic carbocycles. The molecule has 0 bridgehead atoms. The lowest BCUT2D eigenvalue weighted by atomic mass is 10.1. The number of carbonyl (C=O) groups is 2. The predicted octanol–water partition coefficient (Wildman–Crippen LogP) is -0.431. The molecule has 17 heavy (non-hydrogen) atoms. The smallest absolute Gasteiger partial charge is 0.253 e. The third-order valence-electron chi connectivity index (χ3n) is 2.14. The highest BCUT2D eigenvalue weighted by Gasteiger charge is 2.20. The quantitative estimate of drug-likeness (QED) is 0.765. The number of carbonyl (C=O) groups excluding carboxylic acids is 2. The van der Waals surface area contributed by atoms with E-state index >= 15 is 0 Å². The maximum Gasteiger partial charge on any atom is 0.253 e. The molecule has 0 aliphatic rings. The number of rotatable bonds is 4. The second kappa shape index (κ2) is 5.65. The van der Waals surface area contributed by atoms with Gasteiger partial charge in [-0.05, 0) is 19.1 Å². The summed E-state index contributed by atoms with van der Waals surface area (Å²) in [6.07, 6.45) is -1.26. The van der Waals surface area contributed by atoms with Crippen molar-refractivity contribution < 1.29 is 19.8 Å². The zero-order valence-corrected chi connectivity index (χ0v) is 9.77. The number of aliphatic hydroxyl groups excluding tert-OH is 1. The summed E-state index contributed by atoms with van der Waals surface area (Å²) in [6.45, 7) is 1.24. The Morgan fingerprint density at radius 2 is 2.00 bits per heavy atom. The molecule has 0 unspecified atom stereocenters.